The summed E-state index contributed by atoms with van der Waals surface area (Å²) in [6.07, 6.45) is 15.7. The second-order valence-corrected chi connectivity index (χ2v) is 8.93. The number of carbonyl (C=O) groups excluding carboxylic acids is 1. The summed E-state index contributed by atoms with van der Waals surface area (Å²) in [4.78, 5) is 23.8. The highest BCUT2D eigenvalue weighted by Crippen LogP contribution is 2.24. The van der Waals surface area contributed by atoms with E-state index in [-0.39, 0.29) is 5.91 Å². The molecule has 1 amide bonds. The van der Waals surface area contributed by atoms with Crippen LogP contribution in [0.5, 0.6) is 0 Å². The van der Waals surface area contributed by atoms with Gasteiger partial charge in [-0.2, -0.15) is 5.10 Å². The molecule has 0 aliphatic carbocycles. The minimum absolute atomic E-state index is 0.170. The third kappa shape index (κ3) is 5.86. The summed E-state index contributed by atoms with van der Waals surface area (Å²) in [5, 5.41) is 7.71. The van der Waals surface area contributed by atoms with Crippen molar-refractivity contribution in [2.75, 3.05) is 18.0 Å². The molecule has 4 heterocycles. The van der Waals surface area contributed by atoms with Crippen LogP contribution in [-0.4, -0.2) is 38.7 Å². The number of nitrogens with one attached hydrogen (secondary N) is 1. The van der Waals surface area contributed by atoms with Crippen LogP contribution in [0.25, 0.3) is 23.0 Å². The van der Waals surface area contributed by atoms with Crippen LogP contribution < -0.4 is 10.2 Å². The zero-order valence-corrected chi connectivity index (χ0v) is 20.3. The van der Waals surface area contributed by atoms with Crippen molar-refractivity contribution in [3.63, 3.8) is 0 Å². The molecule has 182 valence electrons. The van der Waals surface area contributed by atoms with Crippen molar-refractivity contribution in [2.24, 2.45) is 0 Å². The maximum atomic E-state index is 12.6. The Bertz CT molecular complexity index is 1290. The average Bonchev–Trinajstić information content (AvgIpc) is 3.18. The van der Waals surface area contributed by atoms with E-state index in [9.17, 15) is 4.79 Å². The van der Waals surface area contributed by atoms with Crippen LogP contribution in [0.2, 0.25) is 0 Å². The van der Waals surface area contributed by atoms with E-state index in [0.29, 0.717) is 6.54 Å². The Morgan fingerprint density at radius 3 is 2.50 bits per heavy atom. The second kappa shape index (κ2) is 11.4. The summed E-state index contributed by atoms with van der Waals surface area (Å²) in [5.74, 6) is 0.849. The Kier molecular flexibility index (Phi) is 7.46. The minimum atomic E-state index is -0.170. The fraction of sp³-hybridized carbons (Fsp3) is 0.241. The lowest BCUT2D eigenvalue weighted by Gasteiger charge is -2.21. The standard InChI is InChI=1S/C29H30N6O/c36-28(32-20-23-12-14-27(31-19-23)34-17-6-1-2-7-18-34)15-13-25-22-35(26-10-4-3-5-11-26)33-29(25)24-9-8-16-30-21-24/h3-5,8-16,19,21-22H,1-2,6-7,17-18,20H2,(H,32,36)/b15-13+. The van der Waals surface area contributed by atoms with Crippen LogP contribution in [0.1, 0.15) is 36.8 Å². The molecule has 0 spiro atoms. The number of aromatic nitrogens is 4. The van der Waals surface area contributed by atoms with Gasteiger partial charge in [-0.15, -0.1) is 0 Å². The zero-order valence-electron chi connectivity index (χ0n) is 20.3. The monoisotopic (exact) mass is 478 g/mol. The number of anilines is 1. The fourth-order valence-corrected chi connectivity index (χ4v) is 4.37. The number of amides is 1. The fourth-order valence-electron chi connectivity index (χ4n) is 4.37. The van der Waals surface area contributed by atoms with Crippen molar-refractivity contribution in [1.82, 2.24) is 25.1 Å². The summed E-state index contributed by atoms with van der Waals surface area (Å²) >= 11 is 0. The Hall–Kier alpha value is -4.26. The molecule has 0 atom stereocenters. The molecular weight excluding hydrogens is 448 g/mol. The van der Waals surface area contributed by atoms with Gasteiger partial charge in [-0.3, -0.25) is 9.78 Å². The minimum Gasteiger partial charge on any atom is -0.357 e. The molecule has 4 aromatic rings. The molecule has 1 aromatic carbocycles. The van der Waals surface area contributed by atoms with Gasteiger partial charge in [-0.1, -0.05) is 37.1 Å². The molecule has 1 N–H and O–H groups in total. The van der Waals surface area contributed by atoms with Crippen LogP contribution in [0, 0.1) is 0 Å². The molecular formula is C29H30N6O. The lowest BCUT2D eigenvalue weighted by atomic mass is 10.1. The first-order chi connectivity index (χ1) is 17.8. The van der Waals surface area contributed by atoms with Crippen LogP contribution >= 0.6 is 0 Å². The molecule has 0 bridgehead atoms. The predicted octanol–water partition coefficient (Wildman–Crippen LogP) is 5.04. The van der Waals surface area contributed by atoms with Crippen LogP contribution in [0.15, 0.2) is 85.5 Å². The first-order valence-corrected chi connectivity index (χ1v) is 12.5. The number of carbonyl (C=O) groups is 1. The highest BCUT2D eigenvalue weighted by Gasteiger charge is 2.12. The molecule has 7 nitrogen and oxygen atoms in total. The molecule has 3 aromatic heterocycles. The molecule has 1 fully saturated rings. The van der Waals surface area contributed by atoms with E-state index >= 15 is 0 Å². The Labute approximate surface area is 211 Å². The van der Waals surface area contributed by atoms with Gasteiger partial charge in [0.25, 0.3) is 0 Å². The number of benzene rings is 1. The molecule has 1 aliphatic rings. The summed E-state index contributed by atoms with van der Waals surface area (Å²) < 4.78 is 1.82. The second-order valence-electron chi connectivity index (χ2n) is 8.93. The van der Waals surface area contributed by atoms with E-state index in [1.165, 1.54) is 25.7 Å². The lowest BCUT2D eigenvalue weighted by molar-refractivity contribution is -0.116. The van der Waals surface area contributed by atoms with E-state index in [4.69, 9.17) is 5.10 Å². The highest BCUT2D eigenvalue weighted by atomic mass is 16.1. The predicted molar refractivity (Wildman–Crippen MR) is 143 cm³/mol. The Morgan fingerprint density at radius 2 is 1.78 bits per heavy atom. The van der Waals surface area contributed by atoms with Gasteiger partial charge in [0.1, 0.15) is 11.5 Å². The largest absolute Gasteiger partial charge is 0.357 e. The van der Waals surface area contributed by atoms with Crippen LogP contribution in [-0.2, 0) is 11.3 Å². The zero-order chi connectivity index (χ0) is 24.6. The number of pyridine rings is 2. The van der Waals surface area contributed by atoms with Crippen molar-refractivity contribution in [3.8, 4) is 16.9 Å². The topological polar surface area (TPSA) is 75.9 Å². The lowest BCUT2D eigenvalue weighted by Crippen LogP contribution is -2.25. The molecule has 7 heteroatoms. The first-order valence-electron chi connectivity index (χ1n) is 12.5. The van der Waals surface area contributed by atoms with E-state index in [2.05, 4.69) is 26.3 Å². The SMILES string of the molecule is O=C(/C=C/c1cn(-c2ccccc2)nc1-c1cccnc1)NCc1ccc(N2CCCCCC2)nc1. The van der Waals surface area contributed by atoms with Gasteiger partial charge < -0.3 is 10.2 Å². The summed E-state index contributed by atoms with van der Waals surface area (Å²) in [6, 6.07) is 17.8. The van der Waals surface area contributed by atoms with E-state index < -0.39 is 0 Å². The Morgan fingerprint density at radius 1 is 0.944 bits per heavy atom. The van der Waals surface area contributed by atoms with Crippen LogP contribution in [0.3, 0.4) is 0 Å². The van der Waals surface area contributed by atoms with Crippen molar-refractivity contribution < 1.29 is 4.79 Å². The normalized spacial score (nSPS) is 14.1. The van der Waals surface area contributed by atoms with Crippen LogP contribution in [0.4, 0.5) is 5.82 Å². The quantitative estimate of drug-likeness (QED) is 0.377. The van der Waals surface area contributed by atoms with Crippen molar-refractivity contribution in [3.05, 3.63) is 96.6 Å². The van der Waals surface area contributed by atoms with Crippen molar-refractivity contribution in [2.45, 2.75) is 32.2 Å². The number of nitrogens with zero attached hydrogens (tertiary/aromatic N) is 5. The number of para-hydroxylation sites is 1. The highest BCUT2D eigenvalue weighted by molar-refractivity contribution is 5.92. The smallest absolute Gasteiger partial charge is 0.244 e. The maximum Gasteiger partial charge on any atom is 0.244 e. The molecule has 1 aliphatic heterocycles. The van der Waals surface area contributed by atoms with Gasteiger partial charge in [0.15, 0.2) is 0 Å². The molecule has 0 unspecified atom stereocenters. The first kappa shape index (κ1) is 23.5. The summed E-state index contributed by atoms with van der Waals surface area (Å²) in [5.41, 5.74) is 4.42. The summed E-state index contributed by atoms with van der Waals surface area (Å²) in [7, 11) is 0. The number of rotatable bonds is 7. The van der Waals surface area contributed by atoms with Gasteiger partial charge in [0, 0.05) is 61.6 Å². The van der Waals surface area contributed by atoms with Crippen molar-refractivity contribution >= 4 is 17.8 Å². The maximum absolute atomic E-state index is 12.6. The van der Waals surface area contributed by atoms with Crippen molar-refractivity contribution in [1.29, 1.82) is 0 Å². The van der Waals surface area contributed by atoms with E-state index in [1.54, 1.807) is 24.5 Å². The van der Waals surface area contributed by atoms with E-state index in [0.717, 1.165) is 47.0 Å². The molecule has 36 heavy (non-hydrogen) atoms. The molecule has 0 saturated carbocycles. The molecule has 0 radical (unpaired) electrons. The number of hydrogen-bond acceptors (Lipinski definition) is 5. The molecule has 5 rings (SSSR count). The average molecular weight is 479 g/mol. The van der Waals surface area contributed by atoms with Gasteiger partial charge >= 0.3 is 0 Å². The Balaban J connectivity index is 1.25. The number of hydrogen-bond donors (Lipinski definition) is 1. The van der Waals surface area contributed by atoms with Gasteiger partial charge in [0.05, 0.1) is 5.69 Å². The summed E-state index contributed by atoms with van der Waals surface area (Å²) in [6.45, 7) is 2.56. The van der Waals surface area contributed by atoms with Gasteiger partial charge in [0.2, 0.25) is 5.91 Å². The third-order valence-electron chi connectivity index (χ3n) is 6.32. The molecule has 1 saturated heterocycles. The van der Waals surface area contributed by atoms with E-state index in [1.807, 2.05) is 65.6 Å². The third-order valence-corrected chi connectivity index (χ3v) is 6.32. The van der Waals surface area contributed by atoms with Gasteiger partial charge in [-0.25, -0.2) is 9.67 Å². The van der Waals surface area contributed by atoms with Gasteiger partial charge in [-0.05, 0) is 54.8 Å².